The number of nitrogens with zero attached hydrogens (tertiary/aromatic N) is 2. The molecule has 2 rings (SSSR count). The second-order valence-electron chi connectivity index (χ2n) is 5.77. The first-order valence-corrected chi connectivity index (χ1v) is 6.95. The van der Waals surface area contributed by atoms with Crippen LogP contribution in [0.5, 0.6) is 0 Å². The first-order valence-electron chi connectivity index (χ1n) is 6.95. The van der Waals surface area contributed by atoms with Crippen LogP contribution in [0.4, 0.5) is 4.79 Å². The lowest BCUT2D eigenvalue weighted by atomic mass is 9.99. The predicted octanol–water partition coefficient (Wildman–Crippen LogP) is -0.159. The molecule has 2 unspecified atom stereocenters. The van der Waals surface area contributed by atoms with Gasteiger partial charge in [0.1, 0.15) is 0 Å². The molecule has 20 heavy (non-hydrogen) atoms. The minimum atomic E-state index is -0.851. The molecule has 0 spiro atoms. The Morgan fingerprint density at radius 2 is 1.80 bits per heavy atom. The van der Waals surface area contributed by atoms with Gasteiger partial charge >= 0.3 is 12.0 Å². The number of hydrogen-bond donors (Lipinski definition) is 2. The molecule has 0 aliphatic carbocycles. The summed E-state index contributed by atoms with van der Waals surface area (Å²) in [5, 5.41) is 18.3. The molecule has 2 aliphatic rings. The maximum atomic E-state index is 12.4. The fraction of sp³-hybridized carbons (Fsp3) is 0.846. The van der Waals surface area contributed by atoms with Crippen molar-refractivity contribution in [2.24, 2.45) is 11.8 Å². The Balaban J connectivity index is 1.99. The van der Waals surface area contributed by atoms with Crippen LogP contribution in [0.15, 0.2) is 0 Å². The molecule has 2 aliphatic heterocycles. The molecule has 0 aromatic carbocycles. The van der Waals surface area contributed by atoms with Crippen LogP contribution in [0.1, 0.15) is 13.8 Å². The number of morpholine rings is 1. The van der Waals surface area contributed by atoms with Crippen LogP contribution in [0, 0.1) is 11.8 Å². The molecule has 0 radical (unpaired) electrons. The smallest absolute Gasteiger partial charge is 0.320 e. The van der Waals surface area contributed by atoms with Crippen LogP contribution >= 0.6 is 0 Å². The number of aliphatic hydroxyl groups is 1. The standard InChI is InChI=1S/C13H22N2O5/c1-8-3-14(6-11(8)12(17)18)13(19)15-4-9(2)20-10(5-15)7-16/h8-11,16H,3-7H2,1-2H3,(H,17,18)/t8-,9?,10?,11-/m1/s1. The number of likely N-dealkylation sites (tertiary alicyclic amines) is 1. The summed E-state index contributed by atoms with van der Waals surface area (Å²) in [6, 6.07) is -0.158. The lowest BCUT2D eigenvalue weighted by Gasteiger charge is -2.38. The van der Waals surface area contributed by atoms with E-state index in [1.165, 1.54) is 0 Å². The molecule has 2 amide bonds. The monoisotopic (exact) mass is 286 g/mol. The van der Waals surface area contributed by atoms with Gasteiger partial charge < -0.3 is 24.7 Å². The number of aliphatic carboxylic acids is 1. The highest BCUT2D eigenvalue weighted by Crippen LogP contribution is 2.25. The van der Waals surface area contributed by atoms with Gasteiger partial charge in [-0.25, -0.2) is 4.79 Å². The Morgan fingerprint density at radius 1 is 1.15 bits per heavy atom. The molecule has 0 aromatic rings. The molecule has 2 saturated heterocycles. The number of carboxylic acids is 1. The molecule has 0 saturated carbocycles. The number of aliphatic hydroxyl groups excluding tert-OH is 1. The van der Waals surface area contributed by atoms with Gasteiger partial charge in [-0.05, 0) is 12.8 Å². The highest BCUT2D eigenvalue weighted by Gasteiger charge is 2.39. The first kappa shape index (κ1) is 15.1. The van der Waals surface area contributed by atoms with Gasteiger partial charge in [-0.3, -0.25) is 4.79 Å². The SMILES string of the molecule is CC1CN(C(=O)N2C[C@@H](C)[C@H](C(=O)O)C2)CC(CO)O1. The van der Waals surface area contributed by atoms with Crippen molar-refractivity contribution in [1.82, 2.24) is 9.80 Å². The van der Waals surface area contributed by atoms with E-state index in [0.717, 1.165) is 0 Å². The molecule has 2 heterocycles. The molecular weight excluding hydrogens is 264 g/mol. The summed E-state index contributed by atoms with van der Waals surface area (Å²) >= 11 is 0. The average Bonchev–Trinajstić information content (AvgIpc) is 2.79. The van der Waals surface area contributed by atoms with Gasteiger partial charge in [0.15, 0.2) is 0 Å². The number of amides is 2. The van der Waals surface area contributed by atoms with Crippen LogP contribution in [0.2, 0.25) is 0 Å². The van der Waals surface area contributed by atoms with E-state index in [4.69, 9.17) is 9.84 Å². The Hall–Kier alpha value is -1.34. The number of rotatable bonds is 2. The minimum absolute atomic E-state index is 0.0384. The highest BCUT2D eigenvalue weighted by molar-refractivity contribution is 5.78. The Kier molecular flexibility index (Phi) is 4.49. The lowest BCUT2D eigenvalue weighted by molar-refractivity contribution is -0.142. The number of urea groups is 1. The first-order chi connectivity index (χ1) is 9.42. The quantitative estimate of drug-likeness (QED) is 0.736. The van der Waals surface area contributed by atoms with Crippen molar-refractivity contribution in [3.63, 3.8) is 0 Å². The van der Waals surface area contributed by atoms with E-state index in [1.54, 1.807) is 9.80 Å². The number of carbonyl (C=O) groups excluding carboxylic acids is 1. The third kappa shape index (κ3) is 3.04. The van der Waals surface area contributed by atoms with E-state index >= 15 is 0 Å². The third-order valence-corrected chi connectivity index (χ3v) is 4.00. The van der Waals surface area contributed by atoms with Gasteiger partial charge in [-0.15, -0.1) is 0 Å². The second kappa shape index (κ2) is 5.97. The van der Waals surface area contributed by atoms with Gasteiger partial charge in [0.25, 0.3) is 0 Å². The molecule has 2 fully saturated rings. The van der Waals surface area contributed by atoms with E-state index < -0.39 is 11.9 Å². The van der Waals surface area contributed by atoms with Gasteiger partial charge in [0.2, 0.25) is 0 Å². The van der Waals surface area contributed by atoms with Crippen molar-refractivity contribution in [2.45, 2.75) is 26.1 Å². The summed E-state index contributed by atoms with van der Waals surface area (Å²) < 4.78 is 5.50. The topological polar surface area (TPSA) is 90.3 Å². The van der Waals surface area contributed by atoms with E-state index in [1.807, 2.05) is 13.8 Å². The molecule has 114 valence electrons. The number of carbonyl (C=O) groups is 2. The van der Waals surface area contributed by atoms with Crippen LogP contribution in [-0.4, -0.2) is 77.0 Å². The van der Waals surface area contributed by atoms with E-state index in [9.17, 15) is 14.7 Å². The lowest BCUT2D eigenvalue weighted by Crippen LogP contribution is -2.54. The Morgan fingerprint density at radius 3 is 2.35 bits per heavy atom. The fourth-order valence-corrected chi connectivity index (χ4v) is 2.95. The highest BCUT2D eigenvalue weighted by atomic mass is 16.5. The fourth-order valence-electron chi connectivity index (χ4n) is 2.95. The average molecular weight is 286 g/mol. The maximum Gasteiger partial charge on any atom is 0.320 e. The molecule has 4 atom stereocenters. The van der Waals surface area contributed by atoms with E-state index in [-0.39, 0.29) is 37.3 Å². The van der Waals surface area contributed by atoms with Gasteiger partial charge in [-0.1, -0.05) is 6.92 Å². The molecule has 0 aromatic heterocycles. The van der Waals surface area contributed by atoms with Crippen molar-refractivity contribution in [2.75, 3.05) is 32.8 Å². The summed E-state index contributed by atoms with van der Waals surface area (Å²) in [7, 11) is 0. The van der Waals surface area contributed by atoms with Crippen molar-refractivity contribution in [1.29, 1.82) is 0 Å². The van der Waals surface area contributed by atoms with Crippen LogP contribution < -0.4 is 0 Å². The van der Waals surface area contributed by atoms with Crippen LogP contribution in [-0.2, 0) is 9.53 Å². The second-order valence-corrected chi connectivity index (χ2v) is 5.77. The summed E-state index contributed by atoms with van der Waals surface area (Å²) in [6.45, 7) is 5.12. The Labute approximate surface area is 118 Å². The Bertz CT molecular complexity index is 389. The number of ether oxygens (including phenoxy) is 1. The normalized spacial score (nSPS) is 34.4. The van der Waals surface area contributed by atoms with Crippen LogP contribution in [0.25, 0.3) is 0 Å². The number of hydrogen-bond acceptors (Lipinski definition) is 4. The van der Waals surface area contributed by atoms with Crippen molar-refractivity contribution >= 4 is 12.0 Å². The molecule has 7 heteroatoms. The summed E-state index contributed by atoms with van der Waals surface area (Å²) in [5.74, 6) is -1.38. The number of carboxylic acid groups (broad SMARTS) is 1. The van der Waals surface area contributed by atoms with Gasteiger partial charge in [-0.2, -0.15) is 0 Å². The summed E-state index contributed by atoms with van der Waals surface area (Å²) in [5.41, 5.74) is 0. The summed E-state index contributed by atoms with van der Waals surface area (Å²) in [4.78, 5) is 26.8. The molecule has 2 N–H and O–H groups in total. The third-order valence-electron chi connectivity index (χ3n) is 4.00. The zero-order valence-electron chi connectivity index (χ0n) is 11.9. The van der Waals surface area contributed by atoms with Crippen LogP contribution in [0.3, 0.4) is 0 Å². The summed E-state index contributed by atoms with van der Waals surface area (Å²) in [6.07, 6.45) is -0.488. The van der Waals surface area contributed by atoms with E-state index in [2.05, 4.69) is 0 Å². The minimum Gasteiger partial charge on any atom is -0.481 e. The maximum absolute atomic E-state index is 12.4. The zero-order chi connectivity index (χ0) is 14.9. The molecular formula is C13H22N2O5. The van der Waals surface area contributed by atoms with Crippen molar-refractivity contribution in [3.05, 3.63) is 0 Å². The van der Waals surface area contributed by atoms with Gasteiger partial charge in [0.05, 0.1) is 31.3 Å². The van der Waals surface area contributed by atoms with E-state index in [0.29, 0.717) is 19.6 Å². The molecule has 0 bridgehead atoms. The van der Waals surface area contributed by atoms with Gasteiger partial charge in [0, 0.05) is 19.6 Å². The predicted molar refractivity (Wildman–Crippen MR) is 70.3 cm³/mol. The largest absolute Gasteiger partial charge is 0.481 e. The van der Waals surface area contributed by atoms with Crippen molar-refractivity contribution in [3.8, 4) is 0 Å². The molecule has 7 nitrogen and oxygen atoms in total. The van der Waals surface area contributed by atoms with Crippen molar-refractivity contribution < 1.29 is 24.5 Å². The zero-order valence-corrected chi connectivity index (χ0v) is 11.9.